The second-order valence-corrected chi connectivity index (χ2v) is 7.58. The van der Waals surface area contributed by atoms with Gasteiger partial charge < -0.3 is 5.32 Å². The maximum atomic E-state index is 12.5. The average Bonchev–Trinajstić information content (AvgIpc) is 2.35. The van der Waals surface area contributed by atoms with Crippen LogP contribution < -0.4 is 10.0 Å². The van der Waals surface area contributed by atoms with E-state index in [0.29, 0.717) is 9.37 Å². The summed E-state index contributed by atoms with van der Waals surface area (Å²) in [6.07, 6.45) is 1.86. The predicted molar refractivity (Wildman–Crippen MR) is 86.9 cm³/mol. The monoisotopic (exact) mass is 382 g/mol. The van der Waals surface area contributed by atoms with Gasteiger partial charge in [-0.1, -0.05) is 6.07 Å². The molecular weight excluding hydrogens is 364 g/mol. The Bertz CT molecular complexity index is 565. The molecule has 0 amide bonds. The number of rotatable bonds is 3. The number of benzene rings is 1. The number of piperidine rings is 1. The van der Waals surface area contributed by atoms with Crippen molar-refractivity contribution in [3.63, 3.8) is 0 Å². The van der Waals surface area contributed by atoms with Gasteiger partial charge in [0.1, 0.15) is 0 Å². The Balaban J connectivity index is 0.00000200. The highest BCUT2D eigenvalue weighted by atomic mass is 79.9. The van der Waals surface area contributed by atoms with E-state index in [1.165, 1.54) is 0 Å². The molecule has 2 N–H and O–H groups in total. The zero-order valence-corrected chi connectivity index (χ0v) is 14.7. The highest BCUT2D eigenvalue weighted by Crippen LogP contribution is 2.24. The summed E-state index contributed by atoms with van der Waals surface area (Å²) in [7, 11) is -3.48. The highest BCUT2D eigenvalue weighted by molar-refractivity contribution is 9.10. The number of hydrogen-bond donors (Lipinski definition) is 2. The molecular formula is C13H20BrClN2O2S. The van der Waals surface area contributed by atoms with Gasteiger partial charge in [0.25, 0.3) is 0 Å². The van der Waals surface area contributed by atoms with Gasteiger partial charge in [0.15, 0.2) is 0 Å². The summed E-state index contributed by atoms with van der Waals surface area (Å²) in [5.41, 5.74) is 0.929. The van der Waals surface area contributed by atoms with Gasteiger partial charge in [0.05, 0.1) is 4.90 Å². The number of hydrogen-bond acceptors (Lipinski definition) is 3. The fourth-order valence-electron chi connectivity index (χ4n) is 2.28. The van der Waals surface area contributed by atoms with Crippen LogP contribution >= 0.6 is 28.3 Å². The molecule has 1 heterocycles. The van der Waals surface area contributed by atoms with Crippen molar-refractivity contribution in [2.24, 2.45) is 0 Å². The lowest BCUT2D eigenvalue weighted by molar-refractivity contribution is 0.348. The van der Waals surface area contributed by atoms with E-state index in [9.17, 15) is 8.42 Å². The molecule has 2 atom stereocenters. The first kappa shape index (κ1) is 17.9. The van der Waals surface area contributed by atoms with E-state index >= 15 is 0 Å². The van der Waals surface area contributed by atoms with E-state index in [4.69, 9.17) is 0 Å². The average molecular weight is 384 g/mol. The Hall–Kier alpha value is -0.140. The summed E-state index contributed by atoms with van der Waals surface area (Å²) in [6.45, 7) is 4.85. The van der Waals surface area contributed by atoms with Crippen molar-refractivity contribution < 1.29 is 8.42 Å². The first-order valence-electron chi connectivity index (χ1n) is 6.42. The van der Waals surface area contributed by atoms with E-state index < -0.39 is 10.0 Å². The number of nitrogens with one attached hydrogen (secondary N) is 2. The molecule has 2 unspecified atom stereocenters. The lowest BCUT2D eigenvalue weighted by Crippen LogP contribution is -2.51. The molecule has 1 aromatic carbocycles. The van der Waals surface area contributed by atoms with Crippen LogP contribution in [0.1, 0.15) is 25.3 Å². The van der Waals surface area contributed by atoms with Crippen LogP contribution in [-0.4, -0.2) is 27.0 Å². The molecule has 0 aliphatic carbocycles. The lowest BCUT2D eigenvalue weighted by Gasteiger charge is -2.30. The summed E-state index contributed by atoms with van der Waals surface area (Å²) in [6, 6.07) is 5.45. The Labute approximate surface area is 135 Å². The Kier molecular flexibility index (Phi) is 6.47. The topological polar surface area (TPSA) is 58.2 Å². The van der Waals surface area contributed by atoms with Gasteiger partial charge in [-0.05, 0) is 66.9 Å². The first-order chi connectivity index (χ1) is 8.90. The summed E-state index contributed by atoms with van der Waals surface area (Å²) in [4.78, 5) is 0.310. The van der Waals surface area contributed by atoms with Crippen molar-refractivity contribution in [3.05, 3.63) is 28.2 Å². The first-order valence-corrected chi connectivity index (χ1v) is 8.69. The second-order valence-electron chi connectivity index (χ2n) is 5.05. The maximum absolute atomic E-state index is 12.5. The molecule has 4 nitrogen and oxygen atoms in total. The van der Waals surface area contributed by atoms with Gasteiger partial charge >= 0.3 is 0 Å². The molecule has 0 spiro atoms. The molecule has 1 fully saturated rings. The SMILES string of the molecule is Cc1ccc(Br)c(S(=O)(=O)NC2CCCNC2C)c1.Cl. The van der Waals surface area contributed by atoms with Gasteiger partial charge in [0, 0.05) is 16.6 Å². The van der Waals surface area contributed by atoms with Gasteiger partial charge in [-0.15, -0.1) is 12.4 Å². The largest absolute Gasteiger partial charge is 0.313 e. The third-order valence-electron chi connectivity index (χ3n) is 3.44. The van der Waals surface area contributed by atoms with Crippen molar-refractivity contribution in [1.82, 2.24) is 10.0 Å². The van der Waals surface area contributed by atoms with E-state index in [1.54, 1.807) is 12.1 Å². The minimum atomic E-state index is -3.48. The van der Waals surface area contributed by atoms with E-state index in [-0.39, 0.29) is 24.5 Å². The summed E-state index contributed by atoms with van der Waals surface area (Å²) in [5, 5.41) is 3.29. The van der Waals surface area contributed by atoms with E-state index in [1.807, 2.05) is 19.9 Å². The molecule has 2 rings (SSSR count). The fraction of sp³-hybridized carbons (Fsp3) is 0.538. The van der Waals surface area contributed by atoms with Crippen LogP contribution in [0.25, 0.3) is 0 Å². The van der Waals surface area contributed by atoms with Crippen LogP contribution in [-0.2, 0) is 10.0 Å². The summed E-state index contributed by atoms with van der Waals surface area (Å²) >= 11 is 3.31. The smallest absolute Gasteiger partial charge is 0.242 e. The molecule has 1 saturated heterocycles. The Morgan fingerprint density at radius 1 is 1.40 bits per heavy atom. The van der Waals surface area contributed by atoms with Crippen LogP contribution in [0.5, 0.6) is 0 Å². The molecule has 0 radical (unpaired) electrons. The van der Waals surface area contributed by atoms with Gasteiger partial charge in [0.2, 0.25) is 10.0 Å². The molecule has 0 aromatic heterocycles. The van der Waals surface area contributed by atoms with Crippen molar-refractivity contribution in [1.29, 1.82) is 0 Å². The summed E-state index contributed by atoms with van der Waals surface area (Å²) in [5.74, 6) is 0. The van der Waals surface area contributed by atoms with Crippen LogP contribution in [0.4, 0.5) is 0 Å². The third-order valence-corrected chi connectivity index (χ3v) is 5.93. The zero-order chi connectivity index (χ0) is 14.0. The van der Waals surface area contributed by atoms with Crippen LogP contribution in [0.15, 0.2) is 27.6 Å². The Morgan fingerprint density at radius 3 is 2.75 bits per heavy atom. The molecule has 1 aliphatic rings. The summed E-state index contributed by atoms with van der Waals surface area (Å²) < 4.78 is 28.3. The fourth-order valence-corrected chi connectivity index (χ4v) is 4.68. The molecule has 1 aromatic rings. The lowest BCUT2D eigenvalue weighted by atomic mass is 10.0. The van der Waals surface area contributed by atoms with Crippen molar-refractivity contribution >= 4 is 38.4 Å². The molecule has 7 heteroatoms. The highest BCUT2D eigenvalue weighted by Gasteiger charge is 2.27. The molecule has 20 heavy (non-hydrogen) atoms. The molecule has 1 aliphatic heterocycles. The van der Waals surface area contributed by atoms with Crippen LogP contribution in [0.3, 0.4) is 0 Å². The quantitative estimate of drug-likeness (QED) is 0.843. The molecule has 114 valence electrons. The zero-order valence-electron chi connectivity index (χ0n) is 11.5. The van der Waals surface area contributed by atoms with E-state index in [0.717, 1.165) is 24.9 Å². The van der Waals surface area contributed by atoms with Gasteiger partial charge in [-0.2, -0.15) is 0 Å². The molecule has 0 saturated carbocycles. The van der Waals surface area contributed by atoms with Gasteiger partial charge in [-0.3, -0.25) is 0 Å². The second kappa shape index (κ2) is 7.22. The minimum absolute atomic E-state index is 0. The number of aryl methyl sites for hydroxylation is 1. The molecule has 0 bridgehead atoms. The van der Waals surface area contributed by atoms with Crippen molar-refractivity contribution in [2.45, 2.75) is 43.7 Å². The predicted octanol–water partition coefficient (Wildman–Crippen LogP) is 2.60. The van der Waals surface area contributed by atoms with Crippen LogP contribution in [0, 0.1) is 6.92 Å². The minimum Gasteiger partial charge on any atom is -0.313 e. The van der Waals surface area contributed by atoms with Crippen molar-refractivity contribution in [3.8, 4) is 0 Å². The van der Waals surface area contributed by atoms with Crippen LogP contribution in [0.2, 0.25) is 0 Å². The standard InChI is InChI=1S/C13H19BrN2O2S.ClH/c1-9-5-6-11(14)13(8-9)19(17,18)16-12-4-3-7-15-10(12)2;/h5-6,8,10,12,15-16H,3-4,7H2,1-2H3;1H. The van der Waals surface area contributed by atoms with Gasteiger partial charge in [-0.25, -0.2) is 13.1 Å². The maximum Gasteiger partial charge on any atom is 0.242 e. The normalized spacial score (nSPS) is 23.1. The van der Waals surface area contributed by atoms with E-state index in [2.05, 4.69) is 26.0 Å². The Morgan fingerprint density at radius 2 is 2.10 bits per heavy atom. The third kappa shape index (κ3) is 4.18. The van der Waals surface area contributed by atoms with Crippen molar-refractivity contribution in [2.75, 3.05) is 6.54 Å². The number of halogens is 2. The number of sulfonamides is 1.